The molecule has 0 aliphatic carbocycles. The summed E-state index contributed by atoms with van der Waals surface area (Å²) in [4.78, 5) is 36.8. The fourth-order valence-corrected chi connectivity index (χ4v) is 3.32. The maximum atomic E-state index is 12.7. The standard InChI is InChI=1S/C21H22N2O4/c1-13(2)11-16(21(26)27)22-19(24)12-23-17-9-5-3-7-14(17)20(25)15-8-4-6-10-18(15)23/h3-10,13,16H,11-12H2,1-2H3,(H,22,24)(H,26,27). The number of benzene rings is 2. The summed E-state index contributed by atoms with van der Waals surface area (Å²) in [7, 11) is 0. The Labute approximate surface area is 156 Å². The Morgan fingerprint density at radius 3 is 2.00 bits per heavy atom. The number of carboxylic acid groups (broad SMARTS) is 1. The smallest absolute Gasteiger partial charge is 0.326 e. The van der Waals surface area contributed by atoms with Gasteiger partial charge in [0.05, 0.1) is 11.0 Å². The van der Waals surface area contributed by atoms with Crippen LogP contribution in [-0.4, -0.2) is 27.6 Å². The molecule has 1 aromatic heterocycles. The number of amides is 1. The zero-order valence-electron chi connectivity index (χ0n) is 15.3. The van der Waals surface area contributed by atoms with Crippen LogP contribution in [-0.2, 0) is 16.1 Å². The maximum Gasteiger partial charge on any atom is 0.326 e. The van der Waals surface area contributed by atoms with Gasteiger partial charge in [-0.15, -0.1) is 0 Å². The van der Waals surface area contributed by atoms with E-state index in [0.717, 1.165) is 0 Å². The fraction of sp³-hybridized carbons (Fsp3) is 0.286. The summed E-state index contributed by atoms with van der Waals surface area (Å²) in [6.07, 6.45) is 0.354. The third-order valence-electron chi connectivity index (χ3n) is 4.52. The molecule has 0 aliphatic rings. The molecular formula is C21H22N2O4. The van der Waals surface area contributed by atoms with Crippen molar-refractivity contribution in [2.24, 2.45) is 5.92 Å². The first kappa shape index (κ1) is 18.6. The summed E-state index contributed by atoms with van der Waals surface area (Å²) in [5.74, 6) is -1.31. The minimum absolute atomic E-state index is 0.0663. The lowest BCUT2D eigenvalue weighted by Crippen LogP contribution is -2.43. The normalized spacial score (nSPS) is 12.4. The highest BCUT2D eigenvalue weighted by atomic mass is 16.4. The monoisotopic (exact) mass is 366 g/mol. The second-order valence-electron chi connectivity index (χ2n) is 7.04. The van der Waals surface area contributed by atoms with Gasteiger partial charge in [0.2, 0.25) is 5.91 Å². The SMILES string of the molecule is CC(C)CC(NC(=O)Cn1c2ccccc2c(=O)c2ccccc21)C(=O)O. The molecule has 3 aromatic rings. The molecule has 1 heterocycles. The Balaban J connectivity index is 2.03. The van der Waals surface area contributed by atoms with Gasteiger partial charge in [-0.1, -0.05) is 38.1 Å². The van der Waals surface area contributed by atoms with Crippen molar-refractivity contribution >= 4 is 33.7 Å². The zero-order valence-corrected chi connectivity index (χ0v) is 15.3. The Kier molecular flexibility index (Phi) is 5.26. The van der Waals surface area contributed by atoms with Gasteiger partial charge in [0.15, 0.2) is 5.43 Å². The van der Waals surface area contributed by atoms with Gasteiger partial charge in [-0.05, 0) is 36.6 Å². The van der Waals surface area contributed by atoms with Crippen LogP contribution in [0.2, 0.25) is 0 Å². The molecule has 6 nitrogen and oxygen atoms in total. The Morgan fingerprint density at radius 1 is 1.00 bits per heavy atom. The molecule has 2 N–H and O–H groups in total. The first-order valence-corrected chi connectivity index (χ1v) is 8.91. The van der Waals surface area contributed by atoms with Crippen molar-refractivity contribution in [3.05, 3.63) is 58.8 Å². The van der Waals surface area contributed by atoms with Crippen molar-refractivity contribution < 1.29 is 14.7 Å². The Morgan fingerprint density at radius 2 is 1.52 bits per heavy atom. The van der Waals surface area contributed by atoms with Gasteiger partial charge in [0.1, 0.15) is 12.6 Å². The van der Waals surface area contributed by atoms with E-state index in [0.29, 0.717) is 28.2 Å². The van der Waals surface area contributed by atoms with Gasteiger partial charge in [-0.3, -0.25) is 9.59 Å². The van der Waals surface area contributed by atoms with Gasteiger partial charge in [-0.2, -0.15) is 0 Å². The number of carboxylic acids is 1. The van der Waals surface area contributed by atoms with Crippen LogP contribution in [0.5, 0.6) is 0 Å². The summed E-state index contributed by atoms with van der Waals surface area (Å²) in [5, 5.41) is 13.0. The van der Waals surface area contributed by atoms with Crippen LogP contribution < -0.4 is 10.7 Å². The molecule has 0 saturated carbocycles. The van der Waals surface area contributed by atoms with E-state index in [4.69, 9.17) is 0 Å². The first-order valence-electron chi connectivity index (χ1n) is 8.91. The van der Waals surface area contributed by atoms with Crippen LogP contribution in [0.3, 0.4) is 0 Å². The van der Waals surface area contributed by atoms with Gasteiger partial charge in [-0.25, -0.2) is 4.79 Å². The van der Waals surface area contributed by atoms with Gasteiger partial charge in [0, 0.05) is 10.8 Å². The van der Waals surface area contributed by atoms with Gasteiger partial charge in [0.25, 0.3) is 0 Å². The van der Waals surface area contributed by atoms with Gasteiger partial charge < -0.3 is 15.0 Å². The third kappa shape index (κ3) is 3.84. The molecule has 1 unspecified atom stereocenters. The molecule has 2 aromatic carbocycles. The molecule has 0 saturated heterocycles. The quantitative estimate of drug-likeness (QED) is 0.657. The molecule has 3 rings (SSSR count). The van der Waals surface area contributed by atoms with E-state index >= 15 is 0 Å². The molecule has 6 heteroatoms. The van der Waals surface area contributed by atoms with Crippen LogP contribution in [0.15, 0.2) is 53.3 Å². The molecule has 1 atom stereocenters. The van der Waals surface area contributed by atoms with Crippen LogP contribution >= 0.6 is 0 Å². The Hall–Kier alpha value is -3.15. The average Bonchev–Trinajstić information content (AvgIpc) is 2.64. The van der Waals surface area contributed by atoms with Gasteiger partial charge >= 0.3 is 5.97 Å². The number of hydrogen-bond acceptors (Lipinski definition) is 3. The summed E-state index contributed by atoms with van der Waals surface area (Å²) < 4.78 is 1.76. The highest BCUT2D eigenvalue weighted by Gasteiger charge is 2.22. The minimum Gasteiger partial charge on any atom is -0.480 e. The van der Waals surface area contributed by atoms with E-state index in [9.17, 15) is 19.5 Å². The second kappa shape index (κ2) is 7.61. The van der Waals surface area contributed by atoms with Crippen LogP contribution in [0.1, 0.15) is 20.3 Å². The lowest BCUT2D eigenvalue weighted by Gasteiger charge is -2.19. The number of para-hydroxylation sites is 2. The third-order valence-corrected chi connectivity index (χ3v) is 4.52. The molecular weight excluding hydrogens is 344 g/mol. The number of rotatable bonds is 6. The van der Waals surface area contributed by atoms with Crippen molar-refractivity contribution in [2.75, 3.05) is 0 Å². The fourth-order valence-electron chi connectivity index (χ4n) is 3.32. The van der Waals surface area contributed by atoms with Crippen LogP contribution in [0, 0.1) is 5.92 Å². The van der Waals surface area contributed by atoms with E-state index in [1.54, 1.807) is 41.0 Å². The van der Waals surface area contributed by atoms with Crippen molar-refractivity contribution in [3.8, 4) is 0 Å². The largest absolute Gasteiger partial charge is 0.480 e. The molecule has 1 amide bonds. The average molecular weight is 366 g/mol. The molecule has 0 spiro atoms. The predicted molar refractivity (Wildman–Crippen MR) is 105 cm³/mol. The number of pyridine rings is 1. The zero-order chi connectivity index (χ0) is 19.6. The van der Waals surface area contributed by atoms with Crippen molar-refractivity contribution in [2.45, 2.75) is 32.9 Å². The number of aliphatic carboxylic acids is 1. The van der Waals surface area contributed by atoms with Crippen molar-refractivity contribution in [3.63, 3.8) is 0 Å². The summed E-state index contributed by atoms with van der Waals surface area (Å²) in [5.41, 5.74) is 1.21. The lowest BCUT2D eigenvalue weighted by molar-refractivity contribution is -0.142. The molecule has 0 fully saturated rings. The number of carbonyl (C=O) groups excluding carboxylic acids is 1. The number of nitrogens with one attached hydrogen (secondary N) is 1. The highest BCUT2D eigenvalue weighted by molar-refractivity contribution is 5.95. The van der Waals surface area contributed by atoms with E-state index in [1.165, 1.54) is 0 Å². The second-order valence-corrected chi connectivity index (χ2v) is 7.04. The van der Waals surface area contributed by atoms with Crippen molar-refractivity contribution in [1.82, 2.24) is 9.88 Å². The number of fused-ring (bicyclic) bond motifs is 2. The van der Waals surface area contributed by atoms with Crippen LogP contribution in [0.25, 0.3) is 21.8 Å². The first-order chi connectivity index (χ1) is 12.9. The minimum atomic E-state index is -1.05. The molecule has 0 radical (unpaired) electrons. The number of carbonyl (C=O) groups is 2. The van der Waals surface area contributed by atoms with Crippen molar-refractivity contribution in [1.29, 1.82) is 0 Å². The molecule has 27 heavy (non-hydrogen) atoms. The number of hydrogen-bond donors (Lipinski definition) is 2. The highest BCUT2D eigenvalue weighted by Crippen LogP contribution is 2.19. The van der Waals surface area contributed by atoms with E-state index < -0.39 is 17.9 Å². The van der Waals surface area contributed by atoms with Crippen LogP contribution in [0.4, 0.5) is 0 Å². The van der Waals surface area contributed by atoms with E-state index in [2.05, 4.69) is 5.32 Å². The van der Waals surface area contributed by atoms with E-state index in [1.807, 2.05) is 26.0 Å². The predicted octanol–water partition coefficient (Wildman–Crippen LogP) is 2.77. The number of aromatic nitrogens is 1. The maximum absolute atomic E-state index is 12.7. The molecule has 140 valence electrons. The van der Waals surface area contributed by atoms with E-state index in [-0.39, 0.29) is 17.9 Å². The summed E-state index contributed by atoms with van der Waals surface area (Å²) in [6.45, 7) is 3.75. The molecule has 0 aliphatic heterocycles. The number of nitrogens with zero attached hydrogens (tertiary/aromatic N) is 1. The summed E-state index contributed by atoms with van der Waals surface area (Å²) in [6, 6.07) is 13.3. The lowest BCUT2D eigenvalue weighted by atomic mass is 10.0. The topological polar surface area (TPSA) is 88.4 Å². The Bertz CT molecular complexity index is 1010. The summed E-state index contributed by atoms with van der Waals surface area (Å²) >= 11 is 0. The molecule has 0 bridgehead atoms.